The average Bonchev–Trinajstić information content (AvgIpc) is 3.08. The topological polar surface area (TPSA) is 55.8 Å². The second-order valence-electron chi connectivity index (χ2n) is 6.63. The maximum atomic E-state index is 12.9. The fourth-order valence-corrected chi connectivity index (χ4v) is 4.97. The first-order valence-corrected chi connectivity index (χ1v) is 11.8. The van der Waals surface area contributed by atoms with Crippen LogP contribution in [0.2, 0.25) is 0 Å². The van der Waals surface area contributed by atoms with E-state index in [9.17, 15) is 9.59 Å². The van der Waals surface area contributed by atoms with Crippen LogP contribution in [0.3, 0.4) is 0 Å². The normalized spacial score (nSPS) is 14.7. The Morgan fingerprint density at radius 2 is 1.75 bits per heavy atom. The lowest BCUT2D eigenvalue weighted by Crippen LogP contribution is -2.27. The van der Waals surface area contributed by atoms with Crippen molar-refractivity contribution in [2.45, 2.75) is 0 Å². The van der Waals surface area contributed by atoms with Gasteiger partial charge in [-0.05, 0) is 70.6 Å². The molecule has 1 heterocycles. The number of hydrogen-bond acceptors (Lipinski definition) is 6. The van der Waals surface area contributed by atoms with Crippen molar-refractivity contribution >= 4 is 74.5 Å². The average molecular weight is 573 g/mol. The summed E-state index contributed by atoms with van der Waals surface area (Å²) in [4.78, 5) is 27.5. The summed E-state index contributed by atoms with van der Waals surface area (Å²) in [5.74, 6) is 0.0341. The highest BCUT2D eigenvalue weighted by Gasteiger charge is 2.33. The van der Waals surface area contributed by atoms with Crippen molar-refractivity contribution in [1.82, 2.24) is 0 Å². The van der Waals surface area contributed by atoms with Gasteiger partial charge in [0.25, 0.3) is 5.91 Å². The van der Waals surface area contributed by atoms with Gasteiger partial charge in [0, 0.05) is 3.57 Å². The Labute approximate surface area is 208 Å². The number of carbonyl (C=O) groups is 2. The van der Waals surface area contributed by atoms with Crippen molar-refractivity contribution in [3.05, 3.63) is 92.4 Å². The number of para-hydroxylation sites is 1. The zero-order valence-corrected chi connectivity index (χ0v) is 20.6. The highest BCUT2D eigenvalue weighted by atomic mass is 127. The molecule has 0 radical (unpaired) electrons. The van der Waals surface area contributed by atoms with Crippen molar-refractivity contribution in [2.24, 2.45) is 0 Å². The van der Waals surface area contributed by atoms with Crippen LogP contribution in [0.5, 0.6) is 11.5 Å². The summed E-state index contributed by atoms with van der Waals surface area (Å²) in [7, 11) is 1.50. The predicted molar refractivity (Wildman–Crippen MR) is 139 cm³/mol. The molecule has 0 aromatic heterocycles. The van der Waals surface area contributed by atoms with Gasteiger partial charge in [-0.25, -0.2) is 4.79 Å². The number of benzene rings is 3. The van der Waals surface area contributed by atoms with Crippen LogP contribution < -0.4 is 14.4 Å². The lowest BCUT2D eigenvalue weighted by atomic mass is 10.1. The Balaban J connectivity index is 1.57. The SMILES string of the molecule is COc1cc(/C=C2/SC(=S)N(c3ccccc3)C2=O)ccc1OC(=O)c1ccccc1I. The van der Waals surface area contributed by atoms with E-state index in [1.54, 1.807) is 36.4 Å². The van der Waals surface area contributed by atoms with Crippen molar-refractivity contribution < 1.29 is 19.1 Å². The lowest BCUT2D eigenvalue weighted by Gasteiger charge is -2.13. The third-order valence-electron chi connectivity index (χ3n) is 4.59. The number of anilines is 1. The molecule has 5 nitrogen and oxygen atoms in total. The van der Waals surface area contributed by atoms with E-state index < -0.39 is 5.97 Å². The van der Waals surface area contributed by atoms with E-state index in [1.165, 1.54) is 23.8 Å². The van der Waals surface area contributed by atoms with Gasteiger partial charge in [-0.3, -0.25) is 9.69 Å². The van der Waals surface area contributed by atoms with Crippen LogP contribution in [0.15, 0.2) is 77.7 Å². The van der Waals surface area contributed by atoms with E-state index in [0.29, 0.717) is 26.3 Å². The second kappa shape index (κ2) is 9.85. The molecule has 0 atom stereocenters. The molecule has 0 spiro atoms. The minimum absolute atomic E-state index is 0.181. The van der Waals surface area contributed by atoms with Gasteiger partial charge in [-0.2, -0.15) is 0 Å². The molecule has 1 saturated heterocycles. The van der Waals surface area contributed by atoms with Gasteiger partial charge in [0.1, 0.15) is 0 Å². The Morgan fingerprint density at radius 3 is 2.47 bits per heavy atom. The van der Waals surface area contributed by atoms with Gasteiger partial charge in [0.2, 0.25) is 0 Å². The number of amides is 1. The standard InChI is InChI=1S/C24H16INO4S2/c1-29-20-13-15(11-12-19(20)30-23(28)17-9-5-6-10-18(17)25)14-21-22(27)26(24(31)32-21)16-7-3-2-4-8-16/h2-14H,1H3/b21-14+. The fourth-order valence-electron chi connectivity index (χ4n) is 3.06. The van der Waals surface area contributed by atoms with Gasteiger partial charge in [-0.1, -0.05) is 60.4 Å². The molecule has 160 valence electrons. The quantitative estimate of drug-likeness (QED) is 0.124. The molecule has 0 bridgehead atoms. The Bertz CT molecular complexity index is 1240. The van der Waals surface area contributed by atoms with E-state index in [4.69, 9.17) is 21.7 Å². The molecule has 4 rings (SSSR count). The predicted octanol–water partition coefficient (Wildman–Crippen LogP) is 5.92. The van der Waals surface area contributed by atoms with E-state index in [0.717, 1.165) is 14.8 Å². The van der Waals surface area contributed by atoms with Gasteiger partial charge < -0.3 is 9.47 Å². The van der Waals surface area contributed by atoms with Gasteiger partial charge >= 0.3 is 5.97 Å². The second-order valence-corrected chi connectivity index (χ2v) is 9.47. The number of esters is 1. The first-order valence-electron chi connectivity index (χ1n) is 9.45. The van der Waals surface area contributed by atoms with Gasteiger partial charge in [-0.15, -0.1) is 0 Å². The number of carbonyl (C=O) groups excluding carboxylic acids is 2. The summed E-state index contributed by atoms with van der Waals surface area (Å²) in [5.41, 5.74) is 1.93. The zero-order chi connectivity index (χ0) is 22.7. The molecule has 3 aromatic rings. The number of hydrogen-bond donors (Lipinski definition) is 0. The molecule has 0 unspecified atom stereocenters. The number of nitrogens with zero attached hydrogens (tertiary/aromatic N) is 1. The molecule has 1 aliphatic heterocycles. The molecule has 0 saturated carbocycles. The number of rotatable bonds is 5. The van der Waals surface area contributed by atoms with E-state index in [2.05, 4.69) is 22.6 Å². The monoisotopic (exact) mass is 573 g/mol. The molecular weight excluding hydrogens is 557 g/mol. The number of halogens is 1. The summed E-state index contributed by atoms with van der Waals surface area (Å²) in [6, 6.07) is 21.6. The van der Waals surface area contributed by atoms with E-state index in [1.807, 2.05) is 42.5 Å². The summed E-state index contributed by atoms with van der Waals surface area (Å²) in [6.45, 7) is 0. The number of methoxy groups -OCH3 is 1. The molecule has 0 aliphatic carbocycles. The number of thiocarbonyl (C=S) groups is 1. The van der Waals surface area contributed by atoms with Crippen LogP contribution in [-0.4, -0.2) is 23.3 Å². The highest BCUT2D eigenvalue weighted by molar-refractivity contribution is 14.1. The molecule has 32 heavy (non-hydrogen) atoms. The number of ether oxygens (including phenoxy) is 2. The number of thioether (sulfide) groups is 1. The Morgan fingerprint density at radius 1 is 1.03 bits per heavy atom. The minimum atomic E-state index is -0.468. The van der Waals surface area contributed by atoms with Crippen molar-refractivity contribution in [3.63, 3.8) is 0 Å². The summed E-state index contributed by atoms with van der Waals surface area (Å²) in [6.07, 6.45) is 1.75. The third-order valence-corrected chi connectivity index (χ3v) is 6.83. The molecule has 1 aliphatic rings. The Hall–Kier alpha value is -2.69. The molecular formula is C24H16INO4S2. The summed E-state index contributed by atoms with van der Waals surface area (Å²) < 4.78 is 12.2. The lowest BCUT2D eigenvalue weighted by molar-refractivity contribution is -0.113. The highest BCUT2D eigenvalue weighted by Crippen LogP contribution is 2.37. The molecule has 1 amide bonds. The van der Waals surface area contributed by atoms with Gasteiger partial charge in [0.15, 0.2) is 15.8 Å². The summed E-state index contributed by atoms with van der Waals surface area (Å²) in [5, 5.41) is 0. The van der Waals surface area contributed by atoms with Crippen LogP contribution in [-0.2, 0) is 4.79 Å². The largest absolute Gasteiger partial charge is 0.493 e. The van der Waals surface area contributed by atoms with Crippen LogP contribution in [0.1, 0.15) is 15.9 Å². The molecule has 3 aromatic carbocycles. The maximum Gasteiger partial charge on any atom is 0.344 e. The van der Waals surface area contributed by atoms with Crippen molar-refractivity contribution in [3.8, 4) is 11.5 Å². The smallest absolute Gasteiger partial charge is 0.344 e. The van der Waals surface area contributed by atoms with Crippen LogP contribution >= 0.6 is 46.6 Å². The fraction of sp³-hybridized carbons (Fsp3) is 0.0417. The molecule has 1 fully saturated rings. The molecule has 0 N–H and O–H groups in total. The van der Waals surface area contributed by atoms with Crippen LogP contribution in [0, 0.1) is 3.57 Å². The summed E-state index contributed by atoms with van der Waals surface area (Å²) >= 11 is 8.74. The van der Waals surface area contributed by atoms with Crippen LogP contribution in [0.25, 0.3) is 6.08 Å². The third kappa shape index (κ3) is 4.72. The van der Waals surface area contributed by atoms with Crippen molar-refractivity contribution in [1.29, 1.82) is 0 Å². The first-order chi connectivity index (χ1) is 15.5. The Kier molecular flexibility index (Phi) is 6.92. The maximum absolute atomic E-state index is 12.9. The molecule has 8 heteroatoms. The van der Waals surface area contributed by atoms with E-state index >= 15 is 0 Å². The zero-order valence-electron chi connectivity index (χ0n) is 16.8. The van der Waals surface area contributed by atoms with Gasteiger partial charge in [0.05, 0.1) is 23.3 Å². The minimum Gasteiger partial charge on any atom is -0.493 e. The van der Waals surface area contributed by atoms with Crippen LogP contribution in [0.4, 0.5) is 5.69 Å². The van der Waals surface area contributed by atoms with E-state index in [-0.39, 0.29) is 5.91 Å². The van der Waals surface area contributed by atoms with Crippen molar-refractivity contribution in [2.75, 3.05) is 12.0 Å². The first kappa shape index (κ1) is 22.5.